The molecule has 0 fully saturated rings. The van der Waals surface area contributed by atoms with Gasteiger partial charge in [0.15, 0.2) is 0 Å². The normalized spacial score (nSPS) is 12.0. The minimum atomic E-state index is 0.899. The highest BCUT2D eigenvalue weighted by Crippen LogP contribution is 2.42. The fourth-order valence-corrected chi connectivity index (χ4v) is 10.4. The van der Waals surface area contributed by atoms with Crippen LogP contribution in [0, 0.1) is 62.3 Å². The molecule has 0 aliphatic carbocycles. The first-order valence-electron chi connectivity index (χ1n) is 22.2. The SMILES string of the molecule is Cc1cc(C)c(-c2c3nc(c(-c4c(C)cc(C)cc4C)c4ccc([nH]4)c(-c4ccc(Nc5ccccc5)cc4)c4ccc([nH]4)c(-c4c(C)cc(C)cc4C)c4nc2C=C4)C=C3)c(C)c1. The molecule has 3 N–H and O–H groups in total. The van der Waals surface area contributed by atoms with Crippen LogP contribution in [-0.4, -0.2) is 19.9 Å². The van der Waals surface area contributed by atoms with Gasteiger partial charge in [0.25, 0.3) is 0 Å². The second-order valence-corrected chi connectivity index (χ2v) is 17.9. The molecular formula is C59H53N5. The van der Waals surface area contributed by atoms with Crippen LogP contribution < -0.4 is 5.32 Å². The molecule has 2 aliphatic heterocycles. The van der Waals surface area contributed by atoms with Crippen LogP contribution in [0.25, 0.3) is 90.9 Å². The van der Waals surface area contributed by atoms with Gasteiger partial charge in [0, 0.05) is 55.7 Å². The summed E-state index contributed by atoms with van der Waals surface area (Å²) in [6.07, 6.45) is 8.77. The van der Waals surface area contributed by atoms with Gasteiger partial charge >= 0.3 is 0 Å². The van der Waals surface area contributed by atoms with Crippen molar-refractivity contribution >= 4 is 57.7 Å². The molecule has 5 heterocycles. The van der Waals surface area contributed by atoms with Crippen molar-refractivity contribution in [3.8, 4) is 44.5 Å². The number of para-hydroxylation sites is 1. The second kappa shape index (κ2) is 16.0. The van der Waals surface area contributed by atoms with Crippen LogP contribution in [0.4, 0.5) is 11.4 Å². The summed E-state index contributed by atoms with van der Waals surface area (Å²) in [6.45, 7) is 19.8. The molecule has 10 rings (SSSR count). The molecule has 0 unspecified atom stereocenters. The maximum atomic E-state index is 5.62. The van der Waals surface area contributed by atoms with Gasteiger partial charge in [-0.1, -0.05) is 83.4 Å². The molecule has 0 spiro atoms. The Bertz CT molecular complexity index is 3200. The molecule has 0 amide bonds. The molecule has 0 atom stereocenters. The first-order valence-corrected chi connectivity index (χ1v) is 22.2. The van der Waals surface area contributed by atoms with Gasteiger partial charge in [-0.3, -0.25) is 0 Å². The highest BCUT2D eigenvalue weighted by molar-refractivity contribution is 6.01. The lowest BCUT2D eigenvalue weighted by atomic mass is 9.92. The Morgan fingerprint density at radius 3 is 1.05 bits per heavy atom. The van der Waals surface area contributed by atoms with Crippen LogP contribution in [0.15, 0.2) is 115 Å². The zero-order valence-corrected chi connectivity index (χ0v) is 38.2. The highest BCUT2D eigenvalue weighted by Gasteiger charge is 2.23. The fraction of sp³-hybridized carbons (Fsp3) is 0.153. The molecule has 8 bridgehead atoms. The molecular weight excluding hydrogens is 779 g/mol. The van der Waals surface area contributed by atoms with E-state index < -0.39 is 0 Å². The maximum Gasteiger partial charge on any atom is 0.0738 e. The zero-order valence-electron chi connectivity index (χ0n) is 38.2. The quantitative estimate of drug-likeness (QED) is 0.156. The third-order valence-corrected chi connectivity index (χ3v) is 12.8. The van der Waals surface area contributed by atoms with Crippen molar-refractivity contribution in [3.05, 3.63) is 188 Å². The summed E-state index contributed by atoms with van der Waals surface area (Å²) in [5, 5.41) is 3.57. The molecule has 5 aromatic carbocycles. The predicted molar refractivity (Wildman–Crippen MR) is 273 cm³/mol. The number of fused-ring (bicyclic) bond motifs is 8. The Hall–Kier alpha value is -7.50. The van der Waals surface area contributed by atoms with Crippen LogP contribution in [0.5, 0.6) is 0 Å². The topological polar surface area (TPSA) is 69.4 Å². The van der Waals surface area contributed by atoms with E-state index in [0.717, 1.165) is 84.0 Å². The number of anilines is 2. The predicted octanol–water partition coefficient (Wildman–Crippen LogP) is 15.8. The lowest BCUT2D eigenvalue weighted by Crippen LogP contribution is -1.97. The lowest BCUT2D eigenvalue weighted by molar-refractivity contribution is 1.24. The van der Waals surface area contributed by atoms with Gasteiger partial charge in [-0.25, -0.2) is 9.97 Å². The third kappa shape index (κ3) is 7.27. The molecule has 3 aromatic heterocycles. The molecule has 64 heavy (non-hydrogen) atoms. The first kappa shape index (κ1) is 40.6. The average Bonchev–Trinajstić information content (AvgIpc) is 4.09. The van der Waals surface area contributed by atoms with E-state index in [0.29, 0.717) is 0 Å². The Morgan fingerprint density at radius 2 is 0.656 bits per heavy atom. The molecule has 0 saturated carbocycles. The van der Waals surface area contributed by atoms with E-state index in [-0.39, 0.29) is 0 Å². The standard InChI is InChI=1S/C59H53N5/c1-33-27-36(4)53(37(5)28-33)57-47-21-19-45(61-47)56(42-15-17-44(18-16-42)60-43-13-11-10-12-14-43)46-20-22-48(62-46)58(54-38(6)29-34(2)30-39(54)7)50-24-26-52(64-50)59(51-25-23-49(57)63-51)55-40(8)31-35(3)32-41(55)9/h10-32,60-62H,1-9H3. The minimum absolute atomic E-state index is 0.899. The van der Waals surface area contributed by atoms with E-state index in [1.165, 1.54) is 66.8 Å². The monoisotopic (exact) mass is 831 g/mol. The molecule has 5 nitrogen and oxygen atoms in total. The maximum absolute atomic E-state index is 5.62. The van der Waals surface area contributed by atoms with Gasteiger partial charge in [0.05, 0.1) is 22.8 Å². The Balaban J connectivity index is 1.36. The van der Waals surface area contributed by atoms with Crippen LogP contribution >= 0.6 is 0 Å². The van der Waals surface area contributed by atoms with Crippen molar-refractivity contribution in [2.45, 2.75) is 62.3 Å². The molecule has 0 radical (unpaired) electrons. The number of aromatic amines is 2. The number of hydrogen-bond donors (Lipinski definition) is 3. The van der Waals surface area contributed by atoms with Crippen LogP contribution in [0.3, 0.4) is 0 Å². The number of hydrogen-bond acceptors (Lipinski definition) is 3. The van der Waals surface area contributed by atoms with Gasteiger partial charge in [0.2, 0.25) is 0 Å². The van der Waals surface area contributed by atoms with E-state index >= 15 is 0 Å². The number of rotatable bonds is 6. The number of H-pyrrole nitrogens is 2. The number of benzene rings is 5. The zero-order chi connectivity index (χ0) is 44.4. The summed E-state index contributed by atoms with van der Waals surface area (Å²) in [7, 11) is 0. The van der Waals surface area contributed by atoms with Crippen molar-refractivity contribution in [3.63, 3.8) is 0 Å². The van der Waals surface area contributed by atoms with Gasteiger partial charge in [-0.05, 0) is 191 Å². The Labute approximate surface area is 376 Å². The number of nitrogens with one attached hydrogen (secondary N) is 3. The van der Waals surface area contributed by atoms with Crippen LogP contribution in [0.1, 0.15) is 72.8 Å². The lowest BCUT2D eigenvalue weighted by Gasteiger charge is -2.14. The number of aryl methyl sites for hydroxylation is 9. The summed E-state index contributed by atoms with van der Waals surface area (Å²) >= 11 is 0. The van der Waals surface area contributed by atoms with E-state index in [2.05, 4.69) is 199 Å². The van der Waals surface area contributed by atoms with E-state index in [1.54, 1.807) is 0 Å². The minimum Gasteiger partial charge on any atom is -0.356 e. The summed E-state index contributed by atoms with van der Waals surface area (Å²) < 4.78 is 0. The van der Waals surface area contributed by atoms with Crippen molar-refractivity contribution in [2.75, 3.05) is 5.32 Å². The van der Waals surface area contributed by atoms with Crippen molar-refractivity contribution in [2.24, 2.45) is 0 Å². The van der Waals surface area contributed by atoms with E-state index in [9.17, 15) is 0 Å². The smallest absolute Gasteiger partial charge is 0.0738 e. The average molecular weight is 832 g/mol. The Kier molecular flexibility index (Phi) is 10.1. The Morgan fingerprint density at radius 1 is 0.328 bits per heavy atom. The summed E-state index contributed by atoms with van der Waals surface area (Å²) in [5.41, 5.74) is 29.6. The van der Waals surface area contributed by atoms with Gasteiger partial charge < -0.3 is 15.3 Å². The fourth-order valence-electron chi connectivity index (χ4n) is 10.4. The first-order chi connectivity index (χ1) is 30.9. The largest absolute Gasteiger partial charge is 0.356 e. The van der Waals surface area contributed by atoms with Crippen LogP contribution in [-0.2, 0) is 0 Å². The number of nitrogens with zero attached hydrogens (tertiary/aromatic N) is 2. The molecule has 5 heteroatoms. The van der Waals surface area contributed by atoms with Crippen molar-refractivity contribution < 1.29 is 0 Å². The van der Waals surface area contributed by atoms with Crippen molar-refractivity contribution in [1.82, 2.24) is 19.9 Å². The number of aromatic nitrogens is 4. The van der Waals surface area contributed by atoms with Gasteiger partial charge in [0.1, 0.15) is 0 Å². The summed E-state index contributed by atoms with van der Waals surface area (Å²) in [4.78, 5) is 19.2. The van der Waals surface area contributed by atoms with E-state index in [1.807, 2.05) is 18.2 Å². The van der Waals surface area contributed by atoms with Crippen LogP contribution in [0.2, 0.25) is 0 Å². The highest BCUT2D eigenvalue weighted by atomic mass is 14.9. The summed E-state index contributed by atoms with van der Waals surface area (Å²) in [6, 6.07) is 41.6. The van der Waals surface area contributed by atoms with Crippen molar-refractivity contribution in [1.29, 1.82) is 0 Å². The van der Waals surface area contributed by atoms with Gasteiger partial charge in [-0.2, -0.15) is 0 Å². The molecule has 314 valence electrons. The molecule has 8 aromatic rings. The second-order valence-electron chi connectivity index (χ2n) is 17.9. The van der Waals surface area contributed by atoms with E-state index in [4.69, 9.17) is 9.97 Å². The van der Waals surface area contributed by atoms with Gasteiger partial charge in [-0.15, -0.1) is 0 Å². The molecule has 0 saturated heterocycles. The third-order valence-electron chi connectivity index (χ3n) is 12.8. The molecule has 2 aliphatic rings. The summed E-state index contributed by atoms with van der Waals surface area (Å²) in [5.74, 6) is 0.